The van der Waals surface area contributed by atoms with E-state index in [2.05, 4.69) is 28.2 Å². The number of hydrogen-bond acceptors (Lipinski definition) is 2. The van der Waals surface area contributed by atoms with Crippen molar-refractivity contribution >= 4 is 15.9 Å². The second kappa shape index (κ2) is 5.19. The van der Waals surface area contributed by atoms with E-state index >= 15 is 0 Å². The quantitative estimate of drug-likeness (QED) is 0.875. The Kier molecular flexibility index (Phi) is 3.87. The van der Waals surface area contributed by atoms with E-state index in [0.717, 1.165) is 29.9 Å². The standard InChI is InChI=1S/C13H18BrNO/c1-9-11(4-5-12(16)13(9)14)7-10-3-2-6-15-8-10/h4-5,10,15-16H,2-3,6-8H2,1H3. The van der Waals surface area contributed by atoms with Gasteiger partial charge in [-0.2, -0.15) is 0 Å². The highest BCUT2D eigenvalue weighted by Crippen LogP contribution is 2.31. The summed E-state index contributed by atoms with van der Waals surface area (Å²) >= 11 is 3.43. The predicted octanol–water partition coefficient (Wildman–Crippen LogP) is 3.01. The molecule has 1 aromatic carbocycles. The number of piperidine rings is 1. The number of nitrogens with one attached hydrogen (secondary N) is 1. The molecule has 1 aliphatic rings. The third kappa shape index (κ3) is 2.58. The van der Waals surface area contributed by atoms with Crippen LogP contribution in [-0.2, 0) is 6.42 Å². The van der Waals surface area contributed by atoms with Crippen molar-refractivity contribution in [3.8, 4) is 5.75 Å². The molecule has 0 spiro atoms. The van der Waals surface area contributed by atoms with Crippen molar-refractivity contribution in [2.24, 2.45) is 5.92 Å². The van der Waals surface area contributed by atoms with Crippen molar-refractivity contribution in [1.29, 1.82) is 0 Å². The molecule has 0 aromatic heterocycles. The van der Waals surface area contributed by atoms with Crippen LogP contribution in [0.25, 0.3) is 0 Å². The first kappa shape index (κ1) is 11.9. The Labute approximate surface area is 105 Å². The van der Waals surface area contributed by atoms with Gasteiger partial charge in [0.05, 0.1) is 4.47 Å². The largest absolute Gasteiger partial charge is 0.507 e. The number of halogens is 1. The molecule has 0 radical (unpaired) electrons. The van der Waals surface area contributed by atoms with Crippen LogP contribution in [0.3, 0.4) is 0 Å². The lowest BCUT2D eigenvalue weighted by molar-refractivity contribution is 0.375. The summed E-state index contributed by atoms with van der Waals surface area (Å²) < 4.78 is 0.841. The Morgan fingerprint density at radius 1 is 1.50 bits per heavy atom. The van der Waals surface area contributed by atoms with Crippen LogP contribution in [0.15, 0.2) is 16.6 Å². The van der Waals surface area contributed by atoms with E-state index in [1.54, 1.807) is 6.07 Å². The van der Waals surface area contributed by atoms with Gasteiger partial charge in [-0.15, -0.1) is 0 Å². The molecule has 1 fully saturated rings. The topological polar surface area (TPSA) is 32.3 Å². The molecule has 0 aliphatic carbocycles. The van der Waals surface area contributed by atoms with E-state index in [1.807, 2.05) is 6.07 Å². The van der Waals surface area contributed by atoms with Gasteiger partial charge in [0.15, 0.2) is 0 Å². The Morgan fingerprint density at radius 2 is 2.31 bits per heavy atom. The van der Waals surface area contributed by atoms with E-state index in [0.29, 0.717) is 5.75 Å². The zero-order valence-electron chi connectivity index (χ0n) is 9.59. The number of benzene rings is 1. The highest BCUT2D eigenvalue weighted by atomic mass is 79.9. The minimum absolute atomic E-state index is 0.336. The summed E-state index contributed by atoms with van der Waals surface area (Å²) in [6.45, 7) is 4.35. The molecule has 1 aliphatic heterocycles. The average Bonchev–Trinajstić information content (AvgIpc) is 2.31. The summed E-state index contributed by atoms with van der Waals surface area (Å²) in [6, 6.07) is 3.83. The summed E-state index contributed by atoms with van der Waals surface area (Å²) in [5.41, 5.74) is 2.52. The first-order valence-corrected chi connectivity index (χ1v) is 6.65. The van der Waals surface area contributed by atoms with Crippen LogP contribution in [0.2, 0.25) is 0 Å². The number of phenolic OH excluding ortho intramolecular Hbond substituents is 1. The lowest BCUT2D eigenvalue weighted by Crippen LogP contribution is -2.30. The zero-order chi connectivity index (χ0) is 11.5. The van der Waals surface area contributed by atoms with Crippen LogP contribution in [0, 0.1) is 12.8 Å². The van der Waals surface area contributed by atoms with E-state index in [1.165, 1.54) is 24.0 Å². The third-order valence-electron chi connectivity index (χ3n) is 3.39. The van der Waals surface area contributed by atoms with Gasteiger partial charge in [0.1, 0.15) is 5.75 Å². The Bertz CT molecular complexity index is 372. The number of phenols is 1. The fraction of sp³-hybridized carbons (Fsp3) is 0.538. The average molecular weight is 284 g/mol. The molecule has 2 rings (SSSR count). The molecule has 2 N–H and O–H groups in total. The minimum atomic E-state index is 0.336. The van der Waals surface area contributed by atoms with Crippen LogP contribution >= 0.6 is 15.9 Å². The number of aromatic hydroxyl groups is 1. The zero-order valence-corrected chi connectivity index (χ0v) is 11.2. The molecule has 1 saturated heterocycles. The van der Waals surface area contributed by atoms with Crippen LogP contribution in [0.4, 0.5) is 0 Å². The van der Waals surface area contributed by atoms with E-state index in [4.69, 9.17) is 0 Å². The molecule has 2 nitrogen and oxygen atoms in total. The number of hydrogen-bond donors (Lipinski definition) is 2. The normalized spacial score (nSPS) is 21.0. The maximum absolute atomic E-state index is 9.57. The maximum atomic E-state index is 9.57. The Balaban J connectivity index is 2.11. The molecular formula is C13H18BrNO. The molecular weight excluding hydrogens is 266 g/mol. The van der Waals surface area contributed by atoms with Gasteiger partial charge in [-0.3, -0.25) is 0 Å². The molecule has 3 heteroatoms. The Hall–Kier alpha value is -0.540. The van der Waals surface area contributed by atoms with Crippen LogP contribution < -0.4 is 5.32 Å². The molecule has 1 heterocycles. The van der Waals surface area contributed by atoms with Crippen LogP contribution in [0.1, 0.15) is 24.0 Å². The SMILES string of the molecule is Cc1c(CC2CCCNC2)ccc(O)c1Br. The Morgan fingerprint density at radius 3 is 3.00 bits per heavy atom. The molecule has 1 aromatic rings. The lowest BCUT2D eigenvalue weighted by atomic mass is 9.90. The van der Waals surface area contributed by atoms with Crippen LogP contribution in [0.5, 0.6) is 5.75 Å². The first-order chi connectivity index (χ1) is 7.68. The molecule has 1 unspecified atom stereocenters. The van der Waals surface area contributed by atoms with Crippen molar-refractivity contribution < 1.29 is 5.11 Å². The van der Waals surface area contributed by atoms with E-state index in [9.17, 15) is 5.11 Å². The van der Waals surface area contributed by atoms with E-state index in [-0.39, 0.29) is 0 Å². The van der Waals surface area contributed by atoms with Crippen molar-refractivity contribution in [2.45, 2.75) is 26.2 Å². The van der Waals surface area contributed by atoms with Crippen molar-refractivity contribution in [1.82, 2.24) is 5.32 Å². The molecule has 0 saturated carbocycles. The first-order valence-electron chi connectivity index (χ1n) is 5.86. The molecule has 88 valence electrons. The van der Waals surface area contributed by atoms with Gasteiger partial charge < -0.3 is 10.4 Å². The highest BCUT2D eigenvalue weighted by molar-refractivity contribution is 9.10. The van der Waals surface area contributed by atoms with Crippen LogP contribution in [-0.4, -0.2) is 18.2 Å². The molecule has 0 bridgehead atoms. The number of rotatable bonds is 2. The third-order valence-corrected chi connectivity index (χ3v) is 4.39. The lowest BCUT2D eigenvalue weighted by Gasteiger charge is -2.23. The summed E-state index contributed by atoms with van der Waals surface area (Å²) in [7, 11) is 0. The smallest absolute Gasteiger partial charge is 0.130 e. The van der Waals surface area contributed by atoms with Gasteiger partial charge in [0.25, 0.3) is 0 Å². The van der Waals surface area contributed by atoms with Gasteiger partial charge in [-0.05, 0) is 78.3 Å². The van der Waals surface area contributed by atoms with Gasteiger partial charge in [0.2, 0.25) is 0 Å². The fourth-order valence-corrected chi connectivity index (χ4v) is 2.73. The van der Waals surface area contributed by atoms with Crippen molar-refractivity contribution in [2.75, 3.05) is 13.1 Å². The van der Waals surface area contributed by atoms with Crippen molar-refractivity contribution in [3.63, 3.8) is 0 Å². The van der Waals surface area contributed by atoms with Gasteiger partial charge in [-0.25, -0.2) is 0 Å². The fourth-order valence-electron chi connectivity index (χ4n) is 2.34. The highest BCUT2D eigenvalue weighted by Gasteiger charge is 2.15. The minimum Gasteiger partial charge on any atom is -0.507 e. The molecule has 0 amide bonds. The van der Waals surface area contributed by atoms with E-state index < -0.39 is 0 Å². The predicted molar refractivity (Wildman–Crippen MR) is 69.8 cm³/mol. The van der Waals surface area contributed by atoms with Gasteiger partial charge in [0, 0.05) is 0 Å². The van der Waals surface area contributed by atoms with Gasteiger partial charge in [-0.1, -0.05) is 6.07 Å². The monoisotopic (exact) mass is 283 g/mol. The summed E-state index contributed by atoms with van der Waals surface area (Å²) in [4.78, 5) is 0. The molecule has 16 heavy (non-hydrogen) atoms. The van der Waals surface area contributed by atoms with Crippen molar-refractivity contribution in [3.05, 3.63) is 27.7 Å². The summed E-state index contributed by atoms with van der Waals surface area (Å²) in [5.74, 6) is 1.08. The summed E-state index contributed by atoms with van der Waals surface area (Å²) in [5, 5.41) is 13.0. The summed E-state index contributed by atoms with van der Waals surface area (Å²) in [6.07, 6.45) is 3.70. The second-order valence-electron chi connectivity index (χ2n) is 4.60. The maximum Gasteiger partial charge on any atom is 0.130 e. The molecule has 1 atom stereocenters. The van der Waals surface area contributed by atoms with Gasteiger partial charge >= 0.3 is 0 Å². The second-order valence-corrected chi connectivity index (χ2v) is 5.39.